The van der Waals surface area contributed by atoms with Gasteiger partial charge in [-0.1, -0.05) is 13.8 Å². The average molecular weight is 127 g/mol. The summed E-state index contributed by atoms with van der Waals surface area (Å²) in [4.78, 5) is 0. The van der Waals surface area contributed by atoms with Gasteiger partial charge in [-0.2, -0.15) is 0 Å². The van der Waals surface area contributed by atoms with Crippen LogP contribution in [0.3, 0.4) is 0 Å². The van der Waals surface area contributed by atoms with E-state index in [9.17, 15) is 0 Å². The summed E-state index contributed by atoms with van der Waals surface area (Å²) >= 11 is 0. The summed E-state index contributed by atoms with van der Waals surface area (Å²) < 4.78 is 0. The van der Waals surface area contributed by atoms with Gasteiger partial charge < -0.3 is 11.5 Å². The van der Waals surface area contributed by atoms with Crippen LogP contribution in [0.15, 0.2) is 11.8 Å². The smallest absolute Gasteiger partial charge is 0.120 e. The first kappa shape index (κ1) is 8.01. The Bertz CT molecular complexity index is 135. The van der Waals surface area contributed by atoms with E-state index in [0.717, 1.165) is 0 Å². The minimum absolute atomic E-state index is 0.0625. The number of rotatable bonds is 2. The number of hydrogen-bond acceptors (Lipinski definition) is 2. The Morgan fingerprint density at radius 2 is 2.00 bits per heavy atom. The third-order valence-electron chi connectivity index (χ3n) is 1.11. The molecule has 3 heteroatoms. The molecule has 0 aromatic carbocycles. The van der Waals surface area contributed by atoms with E-state index in [4.69, 9.17) is 16.9 Å². The first-order valence-corrected chi connectivity index (χ1v) is 2.85. The molecule has 0 bridgehead atoms. The number of nitrogens with one attached hydrogen (secondary N) is 1. The predicted octanol–water partition coefficient (Wildman–Crippen LogP) is 0.421. The minimum atomic E-state index is 0.0625. The zero-order valence-corrected chi connectivity index (χ0v) is 5.81. The first-order chi connectivity index (χ1) is 4.09. The van der Waals surface area contributed by atoms with E-state index in [2.05, 4.69) is 0 Å². The molecule has 0 rings (SSSR count). The highest BCUT2D eigenvalue weighted by molar-refractivity contribution is 5.94. The molecule has 9 heavy (non-hydrogen) atoms. The summed E-state index contributed by atoms with van der Waals surface area (Å²) in [5, 5.41) is 7.01. The monoisotopic (exact) mass is 127 g/mol. The maximum absolute atomic E-state index is 7.01. The molecule has 0 heterocycles. The van der Waals surface area contributed by atoms with Crippen LogP contribution in [0.25, 0.3) is 0 Å². The second-order valence-corrected chi connectivity index (χ2v) is 2.19. The molecule has 0 amide bonds. The van der Waals surface area contributed by atoms with Crippen molar-refractivity contribution in [1.82, 2.24) is 0 Å². The second-order valence-electron chi connectivity index (χ2n) is 2.19. The summed E-state index contributed by atoms with van der Waals surface area (Å²) in [7, 11) is 0. The quantitative estimate of drug-likeness (QED) is 0.371. The molecule has 0 saturated heterocycles. The number of hydrogen-bond donors (Lipinski definition) is 3. The van der Waals surface area contributed by atoms with E-state index in [1.165, 1.54) is 6.20 Å². The molecule has 0 radical (unpaired) electrons. The molecule has 0 aromatic heterocycles. The lowest BCUT2D eigenvalue weighted by atomic mass is 10.0. The molecule has 0 aromatic rings. The summed E-state index contributed by atoms with van der Waals surface area (Å²) in [6.07, 6.45) is 1.38. The van der Waals surface area contributed by atoms with Gasteiger partial charge in [-0.3, -0.25) is 5.41 Å². The topological polar surface area (TPSA) is 75.9 Å². The Kier molecular flexibility index (Phi) is 2.78. The van der Waals surface area contributed by atoms with Crippen molar-refractivity contribution in [2.24, 2.45) is 17.4 Å². The molecule has 0 spiro atoms. The number of nitrogens with two attached hydrogens (primary N) is 2. The second kappa shape index (κ2) is 3.12. The Hall–Kier alpha value is -0.990. The fraction of sp³-hybridized carbons (Fsp3) is 0.500. The highest BCUT2D eigenvalue weighted by atomic mass is 14.7. The van der Waals surface area contributed by atoms with Crippen LogP contribution in [0, 0.1) is 11.3 Å². The Balaban J connectivity index is 4.19. The first-order valence-electron chi connectivity index (χ1n) is 2.85. The highest BCUT2D eigenvalue weighted by Gasteiger charge is 2.03. The molecule has 0 aliphatic rings. The minimum Gasteiger partial charge on any atom is -0.404 e. The molecule has 0 saturated carbocycles. The van der Waals surface area contributed by atoms with Crippen molar-refractivity contribution < 1.29 is 0 Å². The molecular weight excluding hydrogens is 114 g/mol. The summed E-state index contributed by atoms with van der Waals surface area (Å²) in [5.41, 5.74) is 11.1. The van der Waals surface area contributed by atoms with E-state index in [0.29, 0.717) is 5.57 Å². The van der Waals surface area contributed by atoms with Crippen molar-refractivity contribution >= 4 is 5.84 Å². The van der Waals surface area contributed by atoms with Crippen LogP contribution in [0.1, 0.15) is 13.8 Å². The third-order valence-corrected chi connectivity index (χ3v) is 1.11. The summed E-state index contributed by atoms with van der Waals surface area (Å²) in [5.74, 6) is 0.306. The molecule has 3 nitrogen and oxygen atoms in total. The third kappa shape index (κ3) is 2.17. The lowest BCUT2D eigenvalue weighted by molar-refractivity contribution is 0.796. The van der Waals surface area contributed by atoms with Crippen LogP contribution in [0.2, 0.25) is 0 Å². The lowest BCUT2D eigenvalue weighted by Crippen LogP contribution is -2.18. The lowest BCUT2D eigenvalue weighted by Gasteiger charge is -2.06. The maximum Gasteiger partial charge on any atom is 0.120 e. The van der Waals surface area contributed by atoms with Crippen LogP contribution in [0.5, 0.6) is 0 Å². The van der Waals surface area contributed by atoms with Crippen LogP contribution in [0.4, 0.5) is 0 Å². The molecule has 0 fully saturated rings. The van der Waals surface area contributed by atoms with Crippen molar-refractivity contribution in [2.45, 2.75) is 13.8 Å². The standard InChI is InChI=1S/C6H13N3/c1-4(2)5(3-7)6(8)9/h3-4H,7H2,1-2H3,(H3,8,9)/b5-3-. The van der Waals surface area contributed by atoms with Crippen LogP contribution < -0.4 is 11.5 Å². The van der Waals surface area contributed by atoms with E-state index in [1.54, 1.807) is 0 Å². The normalized spacial score (nSPS) is 12.1. The van der Waals surface area contributed by atoms with Gasteiger partial charge in [0.15, 0.2) is 0 Å². The van der Waals surface area contributed by atoms with Gasteiger partial charge in [-0.25, -0.2) is 0 Å². The van der Waals surface area contributed by atoms with E-state index < -0.39 is 0 Å². The molecular formula is C6H13N3. The van der Waals surface area contributed by atoms with Gasteiger partial charge in [-0.15, -0.1) is 0 Å². The molecule has 0 atom stereocenters. The van der Waals surface area contributed by atoms with Crippen molar-refractivity contribution in [3.8, 4) is 0 Å². The van der Waals surface area contributed by atoms with Crippen molar-refractivity contribution in [2.75, 3.05) is 0 Å². The Morgan fingerprint density at radius 1 is 1.56 bits per heavy atom. The molecule has 0 unspecified atom stereocenters. The zero-order valence-electron chi connectivity index (χ0n) is 5.81. The van der Waals surface area contributed by atoms with Gasteiger partial charge >= 0.3 is 0 Å². The van der Waals surface area contributed by atoms with Gasteiger partial charge in [0, 0.05) is 11.8 Å². The van der Waals surface area contributed by atoms with Crippen LogP contribution in [-0.4, -0.2) is 5.84 Å². The van der Waals surface area contributed by atoms with Gasteiger partial charge in [0.25, 0.3) is 0 Å². The average Bonchev–Trinajstić information content (AvgIpc) is 1.64. The Labute approximate surface area is 55.2 Å². The van der Waals surface area contributed by atoms with Crippen molar-refractivity contribution in [1.29, 1.82) is 5.41 Å². The van der Waals surface area contributed by atoms with E-state index in [-0.39, 0.29) is 11.8 Å². The maximum atomic E-state index is 7.01. The van der Waals surface area contributed by atoms with Gasteiger partial charge in [-0.05, 0) is 5.92 Å². The summed E-state index contributed by atoms with van der Waals surface area (Å²) in [6.45, 7) is 3.89. The summed E-state index contributed by atoms with van der Waals surface area (Å²) in [6, 6.07) is 0. The van der Waals surface area contributed by atoms with E-state index in [1.807, 2.05) is 13.8 Å². The number of amidine groups is 1. The highest BCUT2D eigenvalue weighted by Crippen LogP contribution is 2.05. The van der Waals surface area contributed by atoms with Gasteiger partial charge in [0.05, 0.1) is 0 Å². The molecule has 5 N–H and O–H groups in total. The Morgan fingerprint density at radius 3 is 2.00 bits per heavy atom. The zero-order chi connectivity index (χ0) is 7.44. The van der Waals surface area contributed by atoms with Crippen molar-refractivity contribution in [3.05, 3.63) is 11.8 Å². The molecule has 0 aliphatic carbocycles. The molecule has 0 aliphatic heterocycles. The predicted molar refractivity (Wildman–Crippen MR) is 39.0 cm³/mol. The van der Waals surface area contributed by atoms with Crippen LogP contribution >= 0.6 is 0 Å². The van der Waals surface area contributed by atoms with E-state index >= 15 is 0 Å². The van der Waals surface area contributed by atoms with Crippen LogP contribution in [-0.2, 0) is 0 Å². The molecule has 52 valence electrons. The largest absolute Gasteiger partial charge is 0.404 e. The van der Waals surface area contributed by atoms with Gasteiger partial charge in [0.2, 0.25) is 0 Å². The van der Waals surface area contributed by atoms with Gasteiger partial charge in [0.1, 0.15) is 5.84 Å². The van der Waals surface area contributed by atoms with Crippen molar-refractivity contribution in [3.63, 3.8) is 0 Å². The fourth-order valence-corrected chi connectivity index (χ4v) is 0.593. The fourth-order valence-electron chi connectivity index (χ4n) is 0.593. The SMILES string of the molecule is CC(C)/C(=C/N)C(=N)N.